The van der Waals surface area contributed by atoms with Crippen LogP contribution in [0.5, 0.6) is 0 Å². The molecule has 0 saturated carbocycles. The summed E-state index contributed by atoms with van der Waals surface area (Å²) in [7, 11) is 0. The zero-order valence-corrected chi connectivity index (χ0v) is 9.09. The molecule has 0 aliphatic heterocycles. The average molecular weight is 195 g/mol. The zero-order valence-electron chi connectivity index (χ0n) is 9.09. The van der Waals surface area contributed by atoms with Gasteiger partial charge in [0.25, 0.3) is 0 Å². The minimum atomic E-state index is 0.324. The molecule has 1 rings (SSSR count). The van der Waals surface area contributed by atoms with Crippen molar-refractivity contribution in [2.75, 3.05) is 6.54 Å². The van der Waals surface area contributed by atoms with Crippen LogP contribution in [0.4, 0.5) is 0 Å². The van der Waals surface area contributed by atoms with Crippen molar-refractivity contribution in [1.29, 1.82) is 0 Å². The normalized spacial score (nSPS) is 19.7. The molecule has 1 atom stereocenters. The van der Waals surface area contributed by atoms with Gasteiger partial charge in [-0.3, -0.25) is 4.79 Å². The van der Waals surface area contributed by atoms with Crippen molar-refractivity contribution >= 4 is 5.78 Å². The predicted molar refractivity (Wildman–Crippen MR) is 59.0 cm³/mol. The first-order valence-electron chi connectivity index (χ1n) is 5.66. The molecule has 0 amide bonds. The second-order valence-corrected chi connectivity index (χ2v) is 4.30. The van der Waals surface area contributed by atoms with E-state index in [0.717, 1.165) is 18.4 Å². The molecular formula is C12H21NO. The second kappa shape index (κ2) is 5.97. The molecule has 1 unspecified atom stereocenters. The molecule has 80 valence electrons. The van der Waals surface area contributed by atoms with E-state index in [1.807, 2.05) is 6.92 Å². The molecule has 0 aromatic carbocycles. The molecule has 2 heteroatoms. The summed E-state index contributed by atoms with van der Waals surface area (Å²) >= 11 is 0. The van der Waals surface area contributed by atoms with E-state index < -0.39 is 0 Å². The highest BCUT2D eigenvalue weighted by Gasteiger charge is 2.13. The molecule has 0 fully saturated rings. The lowest BCUT2D eigenvalue weighted by molar-refractivity contribution is -0.116. The van der Waals surface area contributed by atoms with Crippen LogP contribution >= 0.6 is 0 Å². The average Bonchev–Trinajstić information content (AvgIpc) is 2.45. The topological polar surface area (TPSA) is 43.1 Å². The van der Waals surface area contributed by atoms with Crippen LogP contribution in [0.15, 0.2) is 11.6 Å². The molecular weight excluding hydrogens is 174 g/mol. The molecule has 0 bridgehead atoms. The van der Waals surface area contributed by atoms with Crippen LogP contribution in [0.25, 0.3) is 0 Å². The van der Waals surface area contributed by atoms with Crippen molar-refractivity contribution in [1.82, 2.24) is 0 Å². The zero-order chi connectivity index (χ0) is 10.4. The molecule has 0 spiro atoms. The first-order chi connectivity index (χ1) is 6.74. The Hall–Kier alpha value is -0.630. The van der Waals surface area contributed by atoms with Crippen LogP contribution in [-0.2, 0) is 4.79 Å². The number of hydrogen-bond donors (Lipinski definition) is 1. The minimum Gasteiger partial charge on any atom is -0.330 e. The second-order valence-electron chi connectivity index (χ2n) is 4.30. The number of carbonyl (C=O) groups is 1. The van der Waals surface area contributed by atoms with Crippen molar-refractivity contribution in [3.05, 3.63) is 11.6 Å². The van der Waals surface area contributed by atoms with Crippen LogP contribution in [-0.4, -0.2) is 12.3 Å². The van der Waals surface area contributed by atoms with Gasteiger partial charge in [-0.1, -0.05) is 19.4 Å². The van der Waals surface area contributed by atoms with Gasteiger partial charge in [-0.15, -0.1) is 0 Å². The smallest absolute Gasteiger partial charge is 0.158 e. The number of nitrogens with two attached hydrogens (primary N) is 1. The van der Waals surface area contributed by atoms with Gasteiger partial charge in [-0.05, 0) is 43.7 Å². The SMILES string of the molecule is CC(CN)CC(=O)C1=CCCCCC1. The van der Waals surface area contributed by atoms with Gasteiger partial charge in [0.05, 0.1) is 0 Å². The highest BCUT2D eigenvalue weighted by atomic mass is 16.1. The number of carbonyl (C=O) groups excluding carboxylic acids is 1. The standard InChI is InChI=1S/C12H21NO/c1-10(9-13)8-12(14)11-6-4-2-3-5-7-11/h6,10H,2-5,7-9,13H2,1H3. The summed E-state index contributed by atoms with van der Waals surface area (Å²) in [6, 6.07) is 0. The maximum Gasteiger partial charge on any atom is 0.158 e. The van der Waals surface area contributed by atoms with Crippen LogP contribution in [0.3, 0.4) is 0 Å². The lowest BCUT2D eigenvalue weighted by atomic mass is 9.97. The van der Waals surface area contributed by atoms with Gasteiger partial charge in [-0.25, -0.2) is 0 Å². The van der Waals surface area contributed by atoms with Crippen molar-refractivity contribution in [2.24, 2.45) is 11.7 Å². The van der Waals surface area contributed by atoms with Crippen molar-refractivity contribution < 1.29 is 4.79 Å². The van der Waals surface area contributed by atoms with Crippen LogP contribution in [0.2, 0.25) is 0 Å². The van der Waals surface area contributed by atoms with E-state index in [0.29, 0.717) is 24.7 Å². The summed E-state index contributed by atoms with van der Waals surface area (Å²) < 4.78 is 0. The Morgan fingerprint density at radius 1 is 1.50 bits per heavy atom. The van der Waals surface area contributed by atoms with E-state index >= 15 is 0 Å². The first-order valence-corrected chi connectivity index (χ1v) is 5.66. The molecule has 0 radical (unpaired) electrons. The summed E-state index contributed by atoms with van der Waals surface area (Å²) in [6.45, 7) is 2.65. The van der Waals surface area contributed by atoms with Gasteiger partial charge >= 0.3 is 0 Å². The van der Waals surface area contributed by atoms with E-state index in [1.54, 1.807) is 0 Å². The number of allylic oxidation sites excluding steroid dienone is 2. The number of Topliss-reactive ketones (excluding diaryl/α,β-unsaturated/α-hetero) is 1. The first kappa shape index (κ1) is 11.4. The maximum absolute atomic E-state index is 11.8. The van der Waals surface area contributed by atoms with Gasteiger partial charge in [0, 0.05) is 6.42 Å². The molecule has 14 heavy (non-hydrogen) atoms. The van der Waals surface area contributed by atoms with E-state index in [4.69, 9.17) is 5.73 Å². The fourth-order valence-corrected chi connectivity index (χ4v) is 1.80. The van der Waals surface area contributed by atoms with E-state index in [2.05, 4.69) is 6.08 Å². The van der Waals surface area contributed by atoms with E-state index in [-0.39, 0.29) is 0 Å². The van der Waals surface area contributed by atoms with E-state index in [9.17, 15) is 4.79 Å². The number of ketones is 1. The summed E-state index contributed by atoms with van der Waals surface area (Å²) in [4.78, 5) is 11.8. The highest BCUT2D eigenvalue weighted by Crippen LogP contribution is 2.20. The van der Waals surface area contributed by atoms with E-state index in [1.165, 1.54) is 19.3 Å². The lowest BCUT2D eigenvalue weighted by Gasteiger charge is -2.08. The van der Waals surface area contributed by atoms with Gasteiger partial charge in [0.2, 0.25) is 0 Å². The van der Waals surface area contributed by atoms with Crippen molar-refractivity contribution in [3.8, 4) is 0 Å². The van der Waals surface area contributed by atoms with Crippen LogP contribution in [0, 0.1) is 5.92 Å². The third-order valence-corrected chi connectivity index (χ3v) is 2.84. The summed E-state index contributed by atoms with van der Waals surface area (Å²) in [5, 5.41) is 0. The fraction of sp³-hybridized carbons (Fsp3) is 0.750. The third-order valence-electron chi connectivity index (χ3n) is 2.84. The Morgan fingerprint density at radius 3 is 3.00 bits per heavy atom. The molecule has 2 N–H and O–H groups in total. The maximum atomic E-state index is 11.8. The van der Waals surface area contributed by atoms with Gasteiger partial charge in [-0.2, -0.15) is 0 Å². The highest BCUT2D eigenvalue weighted by molar-refractivity contribution is 5.95. The van der Waals surface area contributed by atoms with Crippen LogP contribution < -0.4 is 5.73 Å². The van der Waals surface area contributed by atoms with Crippen LogP contribution in [0.1, 0.15) is 45.4 Å². The molecule has 0 saturated heterocycles. The lowest BCUT2D eigenvalue weighted by Crippen LogP contribution is -2.16. The Labute approximate surface area is 86.6 Å². The van der Waals surface area contributed by atoms with Gasteiger partial charge in [0.15, 0.2) is 5.78 Å². The summed E-state index contributed by atoms with van der Waals surface area (Å²) in [6.07, 6.45) is 8.51. The Balaban J connectivity index is 2.45. The van der Waals surface area contributed by atoms with Crippen molar-refractivity contribution in [2.45, 2.75) is 45.4 Å². The quantitative estimate of drug-likeness (QED) is 0.748. The third kappa shape index (κ3) is 3.62. The van der Waals surface area contributed by atoms with Crippen molar-refractivity contribution in [3.63, 3.8) is 0 Å². The largest absolute Gasteiger partial charge is 0.330 e. The molecule has 0 heterocycles. The molecule has 0 aromatic rings. The molecule has 1 aliphatic rings. The summed E-state index contributed by atoms with van der Waals surface area (Å²) in [5.41, 5.74) is 6.57. The minimum absolute atomic E-state index is 0.324. The Morgan fingerprint density at radius 2 is 2.29 bits per heavy atom. The Kier molecular flexibility index (Phi) is 4.88. The predicted octanol–water partition coefficient (Wildman–Crippen LogP) is 2.43. The Bertz CT molecular complexity index is 220. The monoisotopic (exact) mass is 195 g/mol. The van der Waals surface area contributed by atoms with Gasteiger partial charge in [0.1, 0.15) is 0 Å². The molecule has 2 nitrogen and oxygen atoms in total. The summed E-state index contributed by atoms with van der Waals surface area (Å²) in [5.74, 6) is 0.650. The number of rotatable bonds is 4. The van der Waals surface area contributed by atoms with Gasteiger partial charge < -0.3 is 5.73 Å². The number of hydrogen-bond acceptors (Lipinski definition) is 2. The molecule has 1 aliphatic carbocycles. The fourth-order valence-electron chi connectivity index (χ4n) is 1.80. The molecule has 0 aromatic heterocycles.